The summed E-state index contributed by atoms with van der Waals surface area (Å²) in [5, 5.41) is 3.56. The van der Waals surface area contributed by atoms with Gasteiger partial charge in [0.15, 0.2) is 0 Å². The Hall–Kier alpha value is -0.350. The second kappa shape index (κ2) is 4.45. The molecule has 0 aromatic heterocycles. The van der Waals surface area contributed by atoms with Crippen molar-refractivity contribution in [2.45, 2.75) is 24.9 Å². The SMILES string of the molecule is C=C[C@@H]1CC[C@H](c2ccc(I)cc2)N1. The highest BCUT2D eigenvalue weighted by Crippen LogP contribution is 2.26. The second-order valence-electron chi connectivity index (χ2n) is 3.69. The molecule has 0 amide bonds. The van der Waals surface area contributed by atoms with Crippen molar-refractivity contribution in [1.29, 1.82) is 0 Å². The molecule has 1 aliphatic rings. The predicted molar refractivity (Wildman–Crippen MR) is 68.3 cm³/mol. The highest BCUT2D eigenvalue weighted by molar-refractivity contribution is 14.1. The summed E-state index contributed by atoms with van der Waals surface area (Å²) in [6.45, 7) is 3.82. The molecule has 0 spiro atoms. The Kier molecular flexibility index (Phi) is 3.23. The van der Waals surface area contributed by atoms with E-state index in [0.29, 0.717) is 12.1 Å². The standard InChI is InChI=1S/C12H14IN/c1-2-11-7-8-12(14-11)9-3-5-10(13)6-4-9/h2-6,11-12,14H,1,7-8H2/t11-,12-/m1/s1. The van der Waals surface area contributed by atoms with E-state index >= 15 is 0 Å². The van der Waals surface area contributed by atoms with Crippen molar-refractivity contribution < 1.29 is 0 Å². The van der Waals surface area contributed by atoms with Crippen LogP contribution in [0.5, 0.6) is 0 Å². The minimum Gasteiger partial charge on any atom is -0.304 e. The van der Waals surface area contributed by atoms with Crippen molar-refractivity contribution in [2.24, 2.45) is 0 Å². The molecule has 1 aliphatic heterocycles. The van der Waals surface area contributed by atoms with Gasteiger partial charge >= 0.3 is 0 Å². The van der Waals surface area contributed by atoms with Crippen LogP contribution in [0.4, 0.5) is 0 Å². The molecule has 0 radical (unpaired) electrons. The molecule has 2 atom stereocenters. The minimum atomic E-state index is 0.499. The monoisotopic (exact) mass is 299 g/mol. The zero-order valence-corrected chi connectivity index (χ0v) is 10.2. The molecule has 0 bridgehead atoms. The van der Waals surface area contributed by atoms with Crippen LogP contribution in [0.3, 0.4) is 0 Å². The van der Waals surface area contributed by atoms with Crippen LogP contribution in [-0.4, -0.2) is 6.04 Å². The molecule has 0 saturated carbocycles. The van der Waals surface area contributed by atoms with Crippen LogP contribution in [-0.2, 0) is 0 Å². The third-order valence-corrected chi connectivity index (χ3v) is 3.46. The number of nitrogens with one attached hydrogen (secondary N) is 1. The van der Waals surface area contributed by atoms with E-state index in [1.807, 2.05) is 6.08 Å². The van der Waals surface area contributed by atoms with Crippen molar-refractivity contribution in [3.05, 3.63) is 46.1 Å². The van der Waals surface area contributed by atoms with Gasteiger partial charge in [-0.3, -0.25) is 0 Å². The van der Waals surface area contributed by atoms with E-state index < -0.39 is 0 Å². The summed E-state index contributed by atoms with van der Waals surface area (Å²) in [5.74, 6) is 0. The lowest BCUT2D eigenvalue weighted by molar-refractivity contribution is 0.613. The molecule has 1 saturated heterocycles. The molecule has 74 valence electrons. The fourth-order valence-electron chi connectivity index (χ4n) is 1.92. The van der Waals surface area contributed by atoms with E-state index in [1.54, 1.807) is 0 Å². The van der Waals surface area contributed by atoms with Gasteiger partial charge in [-0.1, -0.05) is 18.2 Å². The number of hydrogen-bond acceptors (Lipinski definition) is 1. The van der Waals surface area contributed by atoms with E-state index in [2.05, 4.69) is 58.8 Å². The Bertz CT molecular complexity index is 318. The summed E-state index contributed by atoms with van der Waals surface area (Å²) in [6, 6.07) is 9.78. The van der Waals surface area contributed by atoms with Crippen molar-refractivity contribution in [1.82, 2.24) is 5.32 Å². The van der Waals surface area contributed by atoms with Crippen LogP contribution in [0, 0.1) is 3.57 Å². The Labute approximate surface area is 98.7 Å². The fourth-order valence-corrected chi connectivity index (χ4v) is 2.27. The van der Waals surface area contributed by atoms with Gasteiger partial charge in [-0.25, -0.2) is 0 Å². The molecule has 1 N–H and O–H groups in total. The summed E-state index contributed by atoms with van der Waals surface area (Å²) < 4.78 is 1.30. The maximum Gasteiger partial charge on any atom is 0.0326 e. The average molecular weight is 299 g/mol. The topological polar surface area (TPSA) is 12.0 Å². The normalized spacial score (nSPS) is 26.4. The highest BCUT2D eigenvalue weighted by Gasteiger charge is 2.22. The van der Waals surface area contributed by atoms with Crippen LogP contribution < -0.4 is 5.32 Å². The minimum absolute atomic E-state index is 0.499. The van der Waals surface area contributed by atoms with Gasteiger partial charge in [-0.15, -0.1) is 6.58 Å². The van der Waals surface area contributed by atoms with Crippen molar-refractivity contribution in [3.8, 4) is 0 Å². The molecular weight excluding hydrogens is 285 g/mol. The maximum atomic E-state index is 3.82. The zero-order chi connectivity index (χ0) is 9.97. The van der Waals surface area contributed by atoms with Gasteiger partial charge in [0.1, 0.15) is 0 Å². The first-order chi connectivity index (χ1) is 6.79. The maximum absolute atomic E-state index is 3.82. The summed E-state index contributed by atoms with van der Waals surface area (Å²) >= 11 is 2.33. The molecule has 14 heavy (non-hydrogen) atoms. The van der Waals surface area contributed by atoms with Gasteiger partial charge in [-0.2, -0.15) is 0 Å². The second-order valence-corrected chi connectivity index (χ2v) is 4.94. The molecule has 1 aromatic rings. The number of hydrogen-bond donors (Lipinski definition) is 1. The van der Waals surface area contributed by atoms with Crippen LogP contribution >= 0.6 is 22.6 Å². The van der Waals surface area contributed by atoms with Gasteiger partial charge in [0.25, 0.3) is 0 Å². The van der Waals surface area contributed by atoms with Crippen LogP contribution in [0.2, 0.25) is 0 Å². The average Bonchev–Trinajstić information content (AvgIpc) is 2.67. The molecule has 0 aliphatic carbocycles. The van der Waals surface area contributed by atoms with Crippen molar-refractivity contribution in [2.75, 3.05) is 0 Å². The molecule has 1 heterocycles. The Morgan fingerprint density at radius 2 is 2.00 bits per heavy atom. The number of benzene rings is 1. The molecule has 1 fully saturated rings. The Morgan fingerprint density at radius 3 is 2.57 bits per heavy atom. The largest absolute Gasteiger partial charge is 0.304 e. The zero-order valence-electron chi connectivity index (χ0n) is 8.04. The molecular formula is C12H14IN. The van der Waals surface area contributed by atoms with Gasteiger partial charge in [0.05, 0.1) is 0 Å². The fraction of sp³-hybridized carbons (Fsp3) is 0.333. The lowest BCUT2D eigenvalue weighted by Crippen LogP contribution is -2.21. The Morgan fingerprint density at radius 1 is 1.29 bits per heavy atom. The van der Waals surface area contributed by atoms with Gasteiger partial charge < -0.3 is 5.32 Å². The predicted octanol–water partition coefficient (Wildman–Crippen LogP) is 3.27. The summed E-state index contributed by atoms with van der Waals surface area (Å²) in [4.78, 5) is 0. The first-order valence-electron chi connectivity index (χ1n) is 4.93. The molecule has 1 nitrogen and oxygen atoms in total. The van der Waals surface area contributed by atoms with Crippen LogP contribution in [0.25, 0.3) is 0 Å². The van der Waals surface area contributed by atoms with E-state index in [-0.39, 0.29) is 0 Å². The van der Waals surface area contributed by atoms with Gasteiger partial charge in [-0.05, 0) is 53.1 Å². The lowest BCUT2D eigenvalue weighted by atomic mass is 10.1. The summed E-state index contributed by atoms with van der Waals surface area (Å²) in [7, 11) is 0. The summed E-state index contributed by atoms with van der Waals surface area (Å²) in [5.41, 5.74) is 1.40. The smallest absolute Gasteiger partial charge is 0.0326 e. The molecule has 1 aromatic carbocycles. The summed E-state index contributed by atoms with van der Waals surface area (Å²) in [6.07, 6.45) is 4.43. The lowest BCUT2D eigenvalue weighted by Gasteiger charge is -2.12. The number of rotatable bonds is 2. The third kappa shape index (κ3) is 2.17. The van der Waals surface area contributed by atoms with Crippen LogP contribution in [0.15, 0.2) is 36.9 Å². The highest BCUT2D eigenvalue weighted by atomic mass is 127. The van der Waals surface area contributed by atoms with Gasteiger partial charge in [0.2, 0.25) is 0 Å². The Balaban J connectivity index is 2.09. The molecule has 0 unspecified atom stereocenters. The van der Waals surface area contributed by atoms with Crippen molar-refractivity contribution >= 4 is 22.6 Å². The van der Waals surface area contributed by atoms with E-state index in [1.165, 1.54) is 22.0 Å². The first-order valence-corrected chi connectivity index (χ1v) is 6.01. The molecule has 2 heteroatoms. The van der Waals surface area contributed by atoms with Crippen molar-refractivity contribution in [3.63, 3.8) is 0 Å². The van der Waals surface area contributed by atoms with E-state index in [4.69, 9.17) is 0 Å². The van der Waals surface area contributed by atoms with E-state index in [9.17, 15) is 0 Å². The molecule has 2 rings (SSSR count). The van der Waals surface area contributed by atoms with Gasteiger partial charge in [0, 0.05) is 15.7 Å². The van der Waals surface area contributed by atoms with E-state index in [0.717, 1.165) is 0 Å². The van der Waals surface area contributed by atoms with Crippen LogP contribution in [0.1, 0.15) is 24.4 Å². The third-order valence-electron chi connectivity index (χ3n) is 2.74. The quantitative estimate of drug-likeness (QED) is 0.653. The number of halogens is 1. The first kappa shape index (κ1) is 10.2.